The van der Waals surface area contributed by atoms with Gasteiger partial charge in [-0.25, -0.2) is 4.98 Å². The number of aromatic nitrogens is 2. The van der Waals surface area contributed by atoms with Crippen molar-refractivity contribution in [2.45, 2.75) is 39.0 Å². The van der Waals surface area contributed by atoms with Crippen LogP contribution in [0.3, 0.4) is 0 Å². The van der Waals surface area contributed by atoms with Crippen molar-refractivity contribution in [2.75, 3.05) is 13.1 Å². The van der Waals surface area contributed by atoms with E-state index in [1.54, 1.807) is 6.33 Å². The van der Waals surface area contributed by atoms with Gasteiger partial charge in [0.25, 0.3) is 0 Å². The lowest BCUT2D eigenvalue weighted by Crippen LogP contribution is -2.36. The molecule has 0 saturated carbocycles. The lowest BCUT2D eigenvalue weighted by atomic mass is 10.1. The Morgan fingerprint density at radius 1 is 1.33 bits per heavy atom. The second-order valence-corrected chi connectivity index (χ2v) is 5.85. The number of hydrogen-bond donors (Lipinski definition) is 1. The van der Waals surface area contributed by atoms with Gasteiger partial charge in [0.15, 0.2) is 0 Å². The maximum atomic E-state index is 5.95. The number of likely N-dealkylation sites (tertiary alicyclic amines) is 1. The minimum Gasteiger partial charge on any atom is -0.372 e. The average Bonchev–Trinajstić information content (AvgIpc) is 3.00. The summed E-state index contributed by atoms with van der Waals surface area (Å²) in [6.45, 7) is 6.07. The normalized spacial score (nSPS) is 17.2. The Balaban J connectivity index is 1.42. The summed E-state index contributed by atoms with van der Waals surface area (Å²) in [4.78, 5) is 9.60. The quantitative estimate of drug-likeness (QED) is 0.918. The third-order valence-corrected chi connectivity index (χ3v) is 4.05. The summed E-state index contributed by atoms with van der Waals surface area (Å²) in [5.74, 6) is 0. The molecule has 1 aliphatic rings. The van der Waals surface area contributed by atoms with Crippen LogP contribution in [0.4, 0.5) is 0 Å². The molecule has 1 aliphatic heterocycles. The number of hydrogen-bond acceptors (Lipinski definition) is 3. The molecule has 0 atom stereocenters. The fourth-order valence-electron chi connectivity index (χ4n) is 2.87. The third-order valence-electron chi connectivity index (χ3n) is 4.05. The Morgan fingerprint density at radius 2 is 2.19 bits per heavy atom. The van der Waals surface area contributed by atoms with Crippen molar-refractivity contribution in [3.8, 4) is 0 Å². The van der Waals surface area contributed by atoms with Crippen molar-refractivity contribution in [2.24, 2.45) is 0 Å². The van der Waals surface area contributed by atoms with Crippen LogP contribution in [0, 0.1) is 6.92 Å². The number of aryl methyl sites for hydroxylation is 1. The van der Waals surface area contributed by atoms with Crippen molar-refractivity contribution in [3.05, 3.63) is 53.6 Å². The van der Waals surface area contributed by atoms with Gasteiger partial charge in [0.1, 0.15) is 0 Å². The van der Waals surface area contributed by atoms with Gasteiger partial charge in [-0.1, -0.05) is 29.8 Å². The average molecular weight is 285 g/mol. The van der Waals surface area contributed by atoms with Gasteiger partial charge in [-0.2, -0.15) is 0 Å². The Labute approximate surface area is 126 Å². The second kappa shape index (κ2) is 6.87. The SMILES string of the molecule is Cc1cccc(CN2CCC(OCc3cnc[nH]3)CC2)c1. The lowest BCUT2D eigenvalue weighted by Gasteiger charge is -2.31. The molecule has 21 heavy (non-hydrogen) atoms. The van der Waals surface area contributed by atoms with Crippen LogP contribution in [-0.2, 0) is 17.9 Å². The molecule has 0 amide bonds. The van der Waals surface area contributed by atoms with E-state index in [0.29, 0.717) is 12.7 Å². The number of piperidine rings is 1. The highest BCUT2D eigenvalue weighted by Gasteiger charge is 2.19. The summed E-state index contributed by atoms with van der Waals surface area (Å²) in [5.41, 5.74) is 3.80. The molecule has 1 aromatic heterocycles. The van der Waals surface area contributed by atoms with Crippen molar-refractivity contribution in [1.82, 2.24) is 14.9 Å². The van der Waals surface area contributed by atoms with E-state index in [2.05, 4.69) is 46.1 Å². The van der Waals surface area contributed by atoms with Crippen LogP contribution in [-0.4, -0.2) is 34.1 Å². The van der Waals surface area contributed by atoms with Crippen molar-refractivity contribution in [3.63, 3.8) is 0 Å². The summed E-state index contributed by atoms with van der Waals surface area (Å²) in [7, 11) is 0. The molecule has 4 nitrogen and oxygen atoms in total. The molecule has 0 radical (unpaired) electrons. The molecule has 1 N–H and O–H groups in total. The van der Waals surface area contributed by atoms with Gasteiger partial charge in [-0.05, 0) is 25.3 Å². The van der Waals surface area contributed by atoms with Crippen LogP contribution in [0.15, 0.2) is 36.8 Å². The van der Waals surface area contributed by atoms with Crippen molar-refractivity contribution >= 4 is 0 Å². The maximum Gasteiger partial charge on any atom is 0.0922 e. The van der Waals surface area contributed by atoms with Crippen molar-refractivity contribution in [1.29, 1.82) is 0 Å². The van der Waals surface area contributed by atoms with Crippen LogP contribution >= 0.6 is 0 Å². The first-order valence-corrected chi connectivity index (χ1v) is 7.66. The number of ether oxygens (including phenoxy) is 1. The third kappa shape index (κ3) is 4.16. The predicted molar refractivity (Wildman–Crippen MR) is 82.9 cm³/mol. The highest BCUT2D eigenvalue weighted by Crippen LogP contribution is 2.17. The van der Waals surface area contributed by atoms with E-state index in [1.807, 2.05) is 6.20 Å². The molecule has 2 aromatic rings. The number of nitrogens with zero attached hydrogens (tertiary/aromatic N) is 2. The highest BCUT2D eigenvalue weighted by atomic mass is 16.5. The van der Waals surface area contributed by atoms with E-state index in [4.69, 9.17) is 4.74 Å². The van der Waals surface area contributed by atoms with E-state index in [-0.39, 0.29) is 0 Å². The zero-order chi connectivity index (χ0) is 14.5. The molecule has 3 rings (SSSR count). The maximum absolute atomic E-state index is 5.95. The molecule has 1 saturated heterocycles. The minimum atomic E-state index is 0.377. The Kier molecular flexibility index (Phi) is 4.68. The van der Waals surface area contributed by atoms with Crippen LogP contribution < -0.4 is 0 Å². The Bertz CT molecular complexity index is 545. The van der Waals surface area contributed by atoms with Crippen LogP contribution in [0.2, 0.25) is 0 Å². The van der Waals surface area contributed by atoms with Crippen molar-refractivity contribution < 1.29 is 4.74 Å². The zero-order valence-corrected chi connectivity index (χ0v) is 12.6. The number of aromatic amines is 1. The number of rotatable bonds is 5. The topological polar surface area (TPSA) is 41.1 Å². The second-order valence-electron chi connectivity index (χ2n) is 5.85. The summed E-state index contributed by atoms with van der Waals surface area (Å²) in [6, 6.07) is 8.79. The predicted octanol–water partition coefficient (Wildman–Crippen LogP) is 2.90. The summed E-state index contributed by atoms with van der Waals surface area (Å²) >= 11 is 0. The summed E-state index contributed by atoms with van der Waals surface area (Å²) in [5, 5.41) is 0. The molecule has 0 spiro atoms. The first-order chi connectivity index (χ1) is 10.3. The van der Waals surface area contributed by atoms with E-state index in [1.165, 1.54) is 11.1 Å². The lowest BCUT2D eigenvalue weighted by molar-refractivity contribution is -0.00511. The first kappa shape index (κ1) is 14.3. The molecule has 0 unspecified atom stereocenters. The number of imidazole rings is 1. The molecule has 1 aromatic carbocycles. The molecular formula is C17H23N3O. The Hall–Kier alpha value is -1.65. The van der Waals surface area contributed by atoms with Gasteiger partial charge in [0, 0.05) is 19.6 Å². The molecule has 112 valence electrons. The smallest absolute Gasteiger partial charge is 0.0922 e. The summed E-state index contributed by atoms with van der Waals surface area (Å²) in [6.07, 6.45) is 6.12. The van der Waals surface area contributed by atoms with Crippen LogP contribution in [0.5, 0.6) is 0 Å². The van der Waals surface area contributed by atoms with Gasteiger partial charge < -0.3 is 9.72 Å². The molecule has 0 aliphatic carbocycles. The fraction of sp³-hybridized carbons (Fsp3) is 0.471. The summed E-state index contributed by atoms with van der Waals surface area (Å²) < 4.78 is 5.95. The minimum absolute atomic E-state index is 0.377. The van der Waals surface area contributed by atoms with Gasteiger partial charge in [-0.3, -0.25) is 4.90 Å². The van der Waals surface area contributed by atoms with Gasteiger partial charge >= 0.3 is 0 Å². The largest absolute Gasteiger partial charge is 0.372 e. The van der Waals surface area contributed by atoms with Crippen LogP contribution in [0.25, 0.3) is 0 Å². The van der Waals surface area contributed by atoms with Gasteiger partial charge in [0.2, 0.25) is 0 Å². The van der Waals surface area contributed by atoms with Gasteiger partial charge in [0.05, 0.1) is 30.9 Å². The molecular weight excluding hydrogens is 262 g/mol. The standard InChI is InChI=1S/C17H23N3O/c1-14-3-2-4-15(9-14)11-20-7-5-17(6-8-20)21-12-16-10-18-13-19-16/h2-4,9-10,13,17H,5-8,11-12H2,1H3,(H,18,19). The molecule has 1 fully saturated rings. The molecule has 2 heterocycles. The Morgan fingerprint density at radius 3 is 2.90 bits per heavy atom. The first-order valence-electron chi connectivity index (χ1n) is 7.66. The number of benzene rings is 1. The number of nitrogens with one attached hydrogen (secondary N) is 1. The molecule has 0 bridgehead atoms. The van der Waals surface area contributed by atoms with E-state index in [9.17, 15) is 0 Å². The van der Waals surface area contributed by atoms with Crippen LogP contribution in [0.1, 0.15) is 29.7 Å². The van der Waals surface area contributed by atoms with E-state index in [0.717, 1.165) is 38.2 Å². The molecule has 4 heteroatoms. The van der Waals surface area contributed by atoms with Gasteiger partial charge in [-0.15, -0.1) is 0 Å². The zero-order valence-electron chi connectivity index (χ0n) is 12.6. The highest BCUT2D eigenvalue weighted by molar-refractivity contribution is 5.22. The van der Waals surface area contributed by atoms with E-state index < -0.39 is 0 Å². The fourth-order valence-corrected chi connectivity index (χ4v) is 2.87. The van der Waals surface area contributed by atoms with E-state index >= 15 is 0 Å². The monoisotopic (exact) mass is 285 g/mol. The number of H-pyrrole nitrogens is 1.